The molecular formula is C37H46N2O6. The minimum Gasteiger partial charge on any atom is -0.504 e. The molecule has 0 amide bonds. The fourth-order valence-electron chi connectivity index (χ4n) is 6.38. The molecule has 4 rings (SSSR count). The predicted octanol–water partition coefficient (Wildman–Crippen LogP) is 7.96. The average molecular weight is 615 g/mol. The van der Waals surface area contributed by atoms with Gasteiger partial charge in [-0.05, 0) is 92.4 Å². The summed E-state index contributed by atoms with van der Waals surface area (Å²) in [6, 6.07) is 13.3. The van der Waals surface area contributed by atoms with Crippen molar-refractivity contribution in [1.29, 1.82) is 0 Å². The fraction of sp³-hybridized carbons (Fsp3) is 0.351. The van der Waals surface area contributed by atoms with Gasteiger partial charge in [0.05, 0.1) is 5.41 Å². The standard InChI is InChI=1S/C37H46N2O6/c1-17(2)25-9-21(10-26(18(3)4)33(25)38)37(23-13-29(40)35(44)30(41)14-23,24-15-31(42)36(45)32(43)16-24)22-11-27(19(5)6)34(39)28(12-22)20(7)8/h9-20,40-45H,38-39H2,1-8H3. The highest BCUT2D eigenvalue weighted by molar-refractivity contribution is 5.72. The Labute approximate surface area is 265 Å². The third-order valence-corrected chi connectivity index (χ3v) is 8.85. The first-order chi connectivity index (χ1) is 20.9. The minimum absolute atomic E-state index is 0.00673. The molecule has 4 aromatic rings. The van der Waals surface area contributed by atoms with Gasteiger partial charge in [-0.25, -0.2) is 0 Å². The summed E-state index contributed by atoms with van der Waals surface area (Å²) in [6.45, 7) is 16.3. The smallest absolute Gasteiger partial charge is 0.200 e. The van der Waals surface area contributed by atoms with Gasteiger partial charge >= 0.3 is 0 Å². The number of hydrogen-bond donors (Lipinski definition) is 8. The molecule has 0 atom stereocenters. The Morgan fingerprint density at radius 2 is 0.600 bits per heavy atom. The third-order valence-electron chi connectivity index (χ3n) is 8.85. The number of nitrogen functional groups attached to an aromatic ring is 2. The number of benzene rings is 4. The van der Waals surface area contributed by atoms with Crippen LogP contribution in [0.3, 0.4) is 0 Å². The maximum absolute atomic E-state index is 10.9. The lowest BCUT2D eigenvalue weighted by Gasteiger charge is -2.39. The molecule has 0 heterocycles. The monoisotopic (exact) mass is 614 g/mol. The number of phenols is 6. The van der Waals surface area contributed by atoms with Crippen molar-refractivity contribution in [2.24, 2.45) is 0 Å². The van der Waals surface area contributed by atoms with E-state index in [2.05, 4.69) is 0 Å². The van der Waals surface area contributed by atoms with Gasteiger partial charge in [0.1, 0.15) is 0 Å². The zero-order valence-corrected chi connectivity index (χ0v) is 27.3. The van der Waals surface area contributed by atoms with E-state index in [-0.39, 0.29) is 23.7 Å². The van der Waals surface area contributed by atoms with Crippen molar-refractivity contribution in [2.75, 3.05) is 11.5 Å². The molecule has 8 nitrogen and oxygen atoms in total. The molecule has 8 heteroatoms. The Bertz CT molecular complexity index is 1520. The first kappa shape index (κ1) is 33.2. The lowest BCUT2D eigenvalue weighted by Crippen LogP contribution is -2.32. The molecular weight excluding hydrogens is 568 g/mol. The first-order valence-corrected chi connectivity index (χ1v) is 15.3. The molecule has 0 aliphatic rings. The largest absolute Gasteiger partial charge is 0.504 e. The Hall–Kier alpha value is -4.72. The Morgan fingerprint density at radius 3 is 0.800 bits per heavy atom. The molecule has 0 saturated heterocycles. The molecule has 10 N–H and O–H groups in total. The minimum atomic E-state index is -1.47. The SMILES string of the molecule is CC(C)c1cc(C(c2cc(O)c(O)c(O)c2)(c2cc(O)c(O)c(O)c2)c2cc(C(C)C)c(N)c(C(C)C)c2)cc(C(C)C)c1N. The molecule has 0 bridgehead atoms. The van der Waals surface area contributed by atoms with Crippen molar-refractivity contribution >= 4 is 11.4 Å². The van der Waals surface area contributed by atoms with E-state index in [0.29, 0.717) is 33.6 Å². The van der Waals surface area contributed by atoms with Crippen LogP contribution in [0.4, 0.5) is 11.4 Å². The summed E-state index contributed by atoms with van der Waals surface area (Å²) < 4.78 is 0. The summed E-state index contributed by atoms with van der Waals surface area (Å²) in [6.07, 6.45) is 0. The van der Waals surface area contributed by atoms with Crippen molar-refractivity contribution in [3.05, 3.63) is 93.0 Å². The van der Waals surface area contributed by atoms with E-state index in [1.54, 1.807) is 0 Å². The quantitative estimate of drug-likeness (QED) is 0.0560. The normalized spacial score (nSPS) is 12.2. The zero-order chi connectivity index (χ0) is 33.7. The molecule has 0 fully saturated rings. The van der Waals surface area contributed by atoms with Gasteiger partial charge in [-0.15, -0.1) is 0 Å². The maximum atomic E-state index is 10.9. The van der Waals surface area contributed by atoms with Gasteiger partial charge in [-0.3, -0.25) is 0 Å². The molecule has 0 saturated carbocycles. The Balaban J connectivity index is 2.43. The second-order valence-corrected chi connectivity index (χ2v) is 13.2. The van der Waals surface area contributed by atoms with Crippen LogP contribution in [0.25, 0.3) is 0 Å². The first-order valence-electron chi connectivity index (χ1n) is 15.3. The summed E-state index contributed by atoms with van der Waals surface area (Å²) in [7, 11) is 0. The molecule has 0 aromatic heterocycles. The van der Waals surface area contributed by atoms with Crippen LogP contribution >= 0.6 is 0 Å². The van der Waals surface area contributed by atoms with Crippen molar-refractivity contribution in [3.8, 4) is 34.5 Å². The summed E-state index contributed by atoms with van der Waals surface area (Å²) in [5.41, 5.74) is 18.8. The van der Waals surface area contributed by atoms with Crippen LogP contribution in [0.2, 0.25) is 0 Å². The average Bonchev–Trinajstić information content (AvgIpc) is 2.95. The highest BCUT2D eigenvalue weighted by Gasteiger charge is 2.42. The number of hydrogen-bond acceptors (Lipinski definition) is 8. The summed E-state index contributed by atoms with van der Waals surface area (Å²) >= 11 is 0. The molecule has 0 spiro atoms. The highest BCUT2D eigenvalue weighted by atomic mass is 16.3. The lowest BCUT2D eigenvalue weighted by molar-refractivity contribution is 0.364. The number of anilines is 2. The topological polar surface area (TPSA) is 173 Å². The fourth-order valence-corrected chi connectivity index (χ4v) is 6.38. The Morgan fingerprint density at radius 1 is 0.400 bits per heavy atom. The summed E-state index contributed by atoms with van der Waals surface area (Å²) in [4.78, 5) is 0. The number of phenolic OH excluding ortho intramolecular Hbond substituents is 6. The Kier molecular flexibility index (Phi) is 8.84. The van der Waals surface area contributed by atoms with Gasteiger partial charge in [0, 0.05) is 11.4 Å². The van der Waals surface area contributed by atoms with E-state index in [1.165, 1.54) is 24.3 Å². The van der Waals surface area contributed by atoms with Crippen molar-refractivity contribution in [1.82, 2.24) is 0 Å². The maximum Gasteiger partial charge on any atom is 0.200 e. The van der Waals surface area contributed by atoms with Crippen LogP contribution in [0.5, 0.6) is 34.5 Å². The second-order valence-electron chi connectivity index (χ2n) is 13.2. The second kappa shape index (κ2) is 12.0. The van der Waals surface area contributed by atoms with Gasteiger partial charge in [0.25, 0.3) is 0 Å². The van der Waals surface area contributed by atoms with E-state index >= 15 is 0 Å². The molecule has 45 heavy (non-hydrogen) atoms. The van der Waals surface area contributed by atoms with Gasteiger partial charge in [-0.2, -0.15) is 0 Å². The van der Waals surface area contributed by atoms with Crippen LogP contribution in [0.15, 0.2) is 48.5 Å². The van der Waals surface area contributed by atoms with Gasteiger partial charge in [0.15, 0.2) is 34.5 Å². The molecule has 240 valence electrons. The predicted molar refractivity (Wildman–Crippen MR) is 180 cm³/mol. The molecule has 0 radical (unpaired) electrons. The zero-order valence-electron chi connectivity index (χ0n) is 27.3. The van der Waals surface area contributed by atoms with Gasteiger partial charge < -0.3 is 42.1 Å². The number of aromatic hydroxyl groups is 6. The van der Waals surface area contributed by atoms with Crippen LogP contribution in [-0.4, -0.2) is 30.6 Å². The lowest BCUT2D eigenvalue weighted by atomic mass is 9.63. The van der Waals surface area contributed by atoms with E-state index in [4.69, 9.17) is 11.5 Å². The van der Waals surface area contributed by atoms with Crippen LogP contribution in [0.1, 0.15) is 124 Å². The van der Waals surface area contributed by atoms with Crippen molar-refractivity contribution < 1.29 is 30.6 Å². The third kappa shape index (κ3) is 5.54. The summed E-state index contributed by atoms with van der Waals surface area (Å²) in [5.74, 6) is -3.59. The van der Waals surface area contributed by atoms with Crippen LogP contribution in [0, 0.1) is 0 Å². The van der Waals surface area contributed by atoms with Crippen LogP contribution in [-0.2, 0) is 5.41 Å². The molecule has 0 aliphatic heterocycles. The summed E-state index contributed by atoms with van der Waals surface area (Å²) in [5, 5.41) is 64.5. The number of nitrogens with two attached hydrogens (primary N) is 2. The number of rotatable bonds is 8. The molecule has 4 aromatic carbocycles. The highest BCUT2D eigenvalue weighted by Crippen LogP contribution is 2.54. The van der Waals surface area contributed by atoms with Crippen LogP contribution < -0.4 is 11.5 Å². The van der Waals surface area contributed by atoms with E-state index in [0.717, 1.165) is 22.3 Å². The van der Waals surface area contributed by atoms with Gasteiger partial charge in [-0.1, -0.05) is 79.7 Å². The van der Waals surface area contributed by atoms with E-state index < -0.39 is 39.9 Å². The van der Waals surface area contributed by atoms with E-state index in [9.17, 15) is 30.6 Å². The van der Waals surface area contributed by atoms with E-state index in [1.807, 2.05) is 79.7 Å². The molecule has 0 unspecified atom stereocenters. The van der Waals surface area contributed by atoms with Crippen molar-refractivity contribution in [3.63, 3.8) is 0 Å². The van der Waals surface area contributed by atoms with Crippen molar-refractivity contribution in [2.45, 2.75) is 84.5 Å². The van der Waals surface area contributed by atoms with Gasteiger partial charge in [0.2, 0.25) is 0 Å². The molecule has 0 aliphatic carbocycles.